The Bertz CT molecular complexity index is 726. The molecule has 0 unspecified atom stereocenters. The van der Waals surface area contributed by atoms with Gasteiger partial charge in [0, 0.05) is 25.0 Å². The molecule has 1 aromatic carbocycles. The van der Waals surface area contributed by atoms with Crippen molar-refractivity contribution in [2.45, 2.75) is 6.42 Å². The molecule has 2 fully saturated rings. The minimum atomic E-state index is 0.423. The Hall–Kier alpha value is -2.08. The Kier molecular flexibility index (Phi) is 2.91. The van der Waals surface area contributed by atoms with Gasteiger partial charge >= 0.3 is 0 Å². The van der Waals surface area contributed by atoms with E-state index >= 15 is 0 Å². The molecule has 0 amide bonds. The number of aromatic nitrogens is 2. The number of nitrogen functional groups attached to an aromatic ring is 1. The van der Waals surface area contributed by atoms with Crippen LogP contribution in [0.5, 0.6) is 5.75 Å². The summed E-state index contributed by atoms with van der Waals surface area (Å²) in [5.74, 6) is 1.36. The third-order valence-electron chi connectivity index (χ3n) is 4.99. The highest BCUT2D eigenvalue weighted by atomic mass is 16.5. The van der Waals surface area contributed by atoms with Gasteiger partial charge in [0.2, 0.25) is 0 Å². The van der Waals surface area contributed by atoms with Gasteiger partial charge in [0.25, 0.3) is 0 Å². The van der Waals surface area contributed by atoms with E-state index in [1.807, 2.05) is 12.1 Å². The fourth-order valence-electron chi connectivity index (χ4n) is 3.96. The second kappa shape index (κ2) is 4.71. The molecular formula is C16H21N5O. The van der Waals surface area contributed by atoms with Gasteiger partial charge in [-0.05, 0) is 32.1 Å². The molecule has 2 aromatic rings. The smallest absolute Gasteiger partial charge is 0.143 e. The minimum absolute atomic E-state index is 0.423. The fourth-order valence-corrected chi connectivity index (χ4v) is 3.96. The lowest BCUT2D eigenvalue weighted by Gasteiger charge is -2.50. The SMILES string of the molecule is COc1ccc2ncnc(N)c2c1N1CC2(CCN(C)C2)C1. The number of hydrogen-bond acceptors (Lipinski definition) is 6. The predicted octanol–water partition coefficient (Wildman–Crippen LogP) is 1.36. The minimum Gasteiger partial charge on any atom is -0.495 e. The zero-order valence-electron chi connectivity index (χ0n) is 13.0. The number of nitrogens with two attached hydrogens (primary N) is 1. The van der Waals surface area contributed by atoms with Crippen molar-refractivity contribution in [2.75, 3.05) is 51.0 Å². The van der Waals surface area contributed by atoms with Crippen molar-refractivity contribution in [3.63, 3.8) is 0 Å². The van der Waals surface area contributed by atoms with Gasteiger partial charge < -0.3 is 20.3 Å². The van der Waals surface area contributed by atoms with Crippen LogP contribution in [0.15, 0.2) is 18.5 Å². The molecule has 2 saturated heterocycles. The molecule has 1 aromatic heterocycles. The van der Waals surface area contributed by atoms with E-state index in [0.717, 1.165) is 35.4 Å². The first-order chi connectivity index (χ1) is 10.6. The van der Waals surface area contributed by atoms with Gasteiger partial charge in [-0.15, -0.1) is 0 Å². The molecule has 0 atom stereocenters. The second-order valence-corrected chi connectivity index (χ2v) is 6.61. The molecule has 0 saturated carbocycles. The lowest BCUT2D eigenvalue weighted by Crippen LogP contribution is -2.57. The zero-order valence-corrected chi connectivity index (χ0v) is 13.0. The Morgan fingerprint density at radius 2 is 2.05 bits per heavy atom. The van der Waals surface area contributed by atoms with E-state index in [9.17, 15) is 0 Å². The number of likely N-dealkylation sites (tertiary alicyclic amines) is 1. The van der Waals surface area contributed by atoms with Crippen molar-refractivity contribution in [3.05, 3.63) is 18.5 Å². The average Bonchev–Trinajstić information content (AvgIpc) is 2.87. The molecule has 0 radical (unpaired) electrons. The van der Waals surface area contributed by atoms with Gasteiger partial charge in [-0.1, -0.05) is 0 Å². The quantitative estimate of drug-likeness (QED) is 0.903. The first kappa shape index (κ1) is 13.6. The van der Waals surface area contributed by atoms with Crippen molar-refractivity contribution >= 4 is 22.4 Å². The summed E-state index contributed by atoms with van der Waals surface area (Å²) in [5, 5.41) is 0.906. The van der Waals surface area contributed by atoms with Crippen LogP contribution in [0.25, 0.3) is 10.9 Å². The van der Waals surface area contributed by atoms with Gasteiger partial charge in [0.15, 0.2) is 0 Å². The average molecular weight is 299 g/mol. The topological polar surface area (TPSA) is 67.5 Å². The van der Waals surface area contributed by atoms with Gasteiger partial charge in [0.1, 0.15) is 17.9 Å². The van der Waals surface area contributed by atoms with E-state index < -0.39 is 0 Å². The third-order valence-corrected chi connectivity index (χ3v) is 4.99. The first-order valence-electron chi connectivity index (χ1n) is 7.63. The highest BCUT2D eigenvalue weighted by Gasteiger charge is 2.47. The van der Waals surface area contributed by atoms with Crippen LogP contribution in [0.3, 0.4) is 0 Å². The van der Waals surface area contributed by atoms with Crippen molar-refractivity contribution < 1.29 is 4.74 Å². The molecule has 116 valence electrons. The molecule has 4 rings (SSSR count). The lowest BCUT2D eigenvalue weighted by molar-refractivity contribution is 0.217. The standard InChI is InChI=1S/C16H21N5O/c1-20-6-5-16(7-20)8-21(9-16)14-12(22-2)4-3-11-13(14)15(17)19-10-18-11/h3-4,10H,5-9H2,1-2H3,(H2,17,18,19). The summed E-state index contributed by atoms with van der Waals surface area (Å²) in [6.07, 6.45) is 2.77. The van der Waals surface area contributed by atoms with Crippen molar-refractivity contribution in [3.8, 4) is 5.75 Å². The maximum atomic E-state index is 6.12. The summed E-state index contributed by atoms with van der Waals surface area (Å²) in [6.45, 7) is 4.44. The van der Waals surface area contributed by atoms with Crippen molar-refractivity contribution in [1.29, 1.82) is 0 Å². The molecular weight excluding hydrogens is 278 g/mol. The number of fused-ring (bicyclic) bond motifs is 1. The fraction of sp³-hybridized carbons (Fsp3) is 0.500. The number of anilines is 2. The van der Waals surface area contributed by atoms with Crippen LogP contribution in [0, 0.1) is 5.41 Å². The van der Waals surface area contributed by atoms with Crippen LogP contribution in [0.1, 0.15) is 6.42 Å². The molecule has 6 heteroatoms. The summed E-state index contributed by atoms with van der Waals surface area (Å²) >= 11 is 0. The van der Waals surface area contributed by atoms with E-state index in [4.69, 9.17) is 10.5 Å². The maximum Gasteiger partial charge on any atom is 0.143 e. The van der Waals surface area contributed by atoms with E-state index in [1.54, 1.807) is 7.11 Å². The number of hydrogen-bond donors (Lipinski definition) is 1. The molecule has 6 nitrogen and oxygen atoms in total. The molecule has 0 aliphatic carbocycles. The van der Waals surface area contributed by atoms with Gasteiger partial charge in [-0.2, -0.15) is 0 Å². The Morgan fingerprint density at radius 3 is 2.73 bits per heavy atom. The van der Waals surface area contributed by atoms with Gasteiger partial charge in [-0.3, -0.25) is 0 Å². The van der Waals surface area contributed by atoms with Crippen LogP contribution < -0.4 is 15.4 Å². The number of ether oxygens (including phenoxy) is 1. The predicted molar refractivity (Wildman–Crippen MR) is 87.3 cm³/mol. The van der Waals surface area contributed by atoms with Crippen molar-refractivity contribution in [2.24, 2.45) is 5.41 Å². The third kappa shape index (κ3) is 1.90. The zero-order chi connectivity index (χ0) is 15.3. The monoisotopic (exact) mass is 299 g/mol. The highest BCUT2D eigenvalue weighted by molar-refractivity contribution is 6.02. The molecule has 1 spiro atoms. The van der Waals surface area contributed by atoms with E-state index in [-0.39, 0.29) is 0 Å². The molecule has 2 aliphatic rings. The van der Waals surface area contributed by atoms with Crippen molar-refractivity contribution in [1.82, 2.24) is 14.9 Å². The van der Waals surface area contributed by atoms with E-state index in [0.29, 0.717) is 11.2 Å². The van der Waals surface area contributed by atoms with Crippen LogP contribution in [-0.4, -0.2) is 55.2 Å². The van der Waals surface area contributed by atoms with Gasteiger partial charge in [-0.25, -0.2) is 9.97 Å². The van der Waals surface area contributed by atoms with E-state index in [2.05, 4.69) is 26.8 Å². The molecule has 22 heavy (non-hydrogen) atoms. The Morgan fingerprint density at radius 1 is 1.23 bits per heavy atom. The summed E-state index contributed by atoms with van der Waals surface area (Å²) < 4.78 is 5.57. The van der Waals surface area contributed by atoms with E-state index in [1.165, 1.54) is 25.8 Å². The Labute approximate surface area is 129 Å². The van der Waals surface area contributed by atoms with Crippen LogP contribution in [-0.2, 0) is 0 Å². The normalized spacial score (nSPS) is 20.5. The van der Waals surface area contributed by atoms with Crippen LogP contribution in [0.2, 0.25) is 0 Å². The second-order valence-electron chi connectivity index (χ2n) is 6.61. The Balaban J connectivity index is 1.75. The summed E-state index contributed by atoms with van der Waals surface area (Å²) in [6, 6.07) is 3.91. The lowest BCUT2D eigenvalue weighted by atomic mass is 9.78. The number of benzene rings is 1. The summed E-state index contributed by atoms with van der Waals surface area (Å²) in [4.78, 5) is 13.3. The van der Waals surface area contributed by atoms with Crippen LogP contribution in [0.4, 0.5) is 11.5 Å². The largest absolute Gasteiger partial charge is 0.495 e. The number of methoxy groups -OCH3 is 1. The molecule has 3 heterocycles. The first-order valence-corrected chi connectivity index (χ1v) is 7.63. The molecule has 0 bridgehead atoms. The van der Waals surface area contributed by atoms with Crippen LogP contribution >= 0.6 is 0 Å². The number of nitrogens with zero attached hydrogens (tertiary/aromatic N) is 4. The molecule has 2 N–H and O–H groups in total. The summed E-state index contributed by atoms with van der Waals surface area (Å²) in [5.41, 5.74) is 8.45. The highest BCUT2D eigenvalue weighted by Crippen LogP contribution is 2.47. The maximum absolute atomic E-state index is 6.12. The summed E-state index contributed by atoms with van der Waals surface area (Å²) in [7, 11) is 3.89. The van der Waals surface area contributed by atoms with Gasteiger partial charge in [0.05, 0.1) is 23.7 Å². The molecule has 2 aliphatic heterocycles. The number of rotatable bonds is 2.